The molecule has 2 fully saturated rings. The molecule has 1 aromatic rings. The minimum Gasteiger partial charge on any atom is -0.343 e. The van der Waals surface area contributed by atoms with Crippen LogP contribution in [0.1, 0.15) is 50.5 Å². The van der Waals surface area contributed by atoms with Crippen LogP contribution in [0, 0.1) is 23.0 Å². The molecule has 8 nitrogen and oxygen atoms in total. The van der Waals surface area contributed by atoms with Crippen LogP contribution >= 0.6 is 0 Å². The van der Waals surface area contributed by atoms with Crippen molar-refractivity contribution in [2.75, 3.05) is 20.1 Å². The first-order valence-electron chi connectivity index (χ1n) is 10.2. The fraction of sp³-hybridized carbons (Fsp3) is 0.650. The largest absolute Gasteiger partial charge is 0.343 e. The van der Waals surface area contributed by atoms with E-state index in [2.05, 4.69) is 0 Å². The second kappa shape index (κ2) is 8.79. The zero-order valence-corrected chi connectivity index (χ0v) is 17.9. The van der Waals surface area contributed by atoms with Crippen LogP contribution in [0.4, 0.5) is 5.69 Å². The average molecular weight is 424 g/mol. The first kappa shape index (κ1) is 21.7. The molecule has 0 aromatic heterocycles. The third-order valence-electron chi connectivity index (χ3n) is 6.27. The molecule has 2 aliphatic rings. The highest BCUT2D eigenvalue weighted by Gasteiger charge is 2.35. The van der Waals surface area contributed by atoms with Gasteiger partial charge >= 0.3 is 0 Å². The van der Waals surface area contributed by atoms with E-state index in [0.29, 0.717) is 24.4 Å². The van der Waals surface area contributed by atoms with Gasteiger partial charge in [0.1, 0.15) is 0 Å². The zero-order chi connectivity index (χ0) is 21.2. The molecule has 160 valence electrons. The molecule has 1 saturated carbocycles. The van der Waals surface area contributed by atoms with Crippen molar-refractivity contribution >= 4 is 21.6 Å². The Hall–Kier alpha value is -2.00. The number of hydrogen-bond donors (Lipinski definition) is 0. The third-order valence-corrected chi connectivity index (χ3v) is 8.31. The first-order chi connectivity index (χ1) is 13.7. The molecule has 1 amide bonds. The SMILES string of the molecule is Cc1ccc([N+](=O)[O-])cc1S(=O)(=O)N1CCC(C(=O)N(C)C2CCCCC2)CC1. The molecule has 1 saturated heterocycles. The van der Waals surface area contributed by atoms with Gasteiger partial charge in [0.15, 0.2) is 0 Å². The van der Waals surface area contributed by atoms with Crippen molar-refractivity contribution in [2.45, 2.75) is 62.8 Å². The Labute approximate surface area is 172 Å². The van der Waals surface area contributed by atoms with E-state index in [0.717, 1.165) is 31.7 Å². The van der Waals surface area contributed by atoms with E-state index in [-0.39, 0.29) is 35.5 Å². The number of piperidine rings is 1. The van der Waals surface area contributed by atoms with E-state index in [1.54, 1.807) is 6.92 Å². The summed E-state index contributed by atoms with van der Waals surface area (Å²) in [6, 6.07) is 4.19. The van der Waals surface area contributed by atoms with Crippen molar-refractivity contribution in [3.8, 4) is 0 Å². The van der Waals surface area contributed by atoms with Crippen molar-refractivity contribution in [1.82, 2.24) is 9.21 Å². The number of nitro groups is 1. The number of benzene rings is 1. The number of nitro benzene ring substituents is 1. The summed E-state index contributed by atoms with van der Waals surface area (Å²) in [5, 5.41) is 11.0. The summed E-state index contributed by atoms with van der Waals surface area (Å²) in [6.45, 7) is 2.13. The van der Waals surface area contributed by atoms with Gasteiger partial charge in [-0.15, -0.1) is 0 Å². The third kappa shape index (κ3) is 4.61. The fourth-order valence-corrected chi connectivity index (χ4v) is 6.11. The summed E-state index contributed by atoms with van der Waals surface area (Å²) < 4.78 is 27.4. The summed E-state index contributed by atoms with van der Waals surface area (Å²) in [6.07, 6.45) is 6.57. The van der Waals surface area contributed by atoms with Crippen LogP contribution in [0.5, 0.6) is 0 Å². The van der Waals surface area contributed by atoms with Crippen LogP contribution in [0.15, 0.2) is 23.1 Å². The minimum absolute atomic E-state index is 0.0317. The summed E-state index contributed by atoms with van der Waals surface area (Å²) in [4.78, 5) is 25.2. The van der Waals surface area contributed by atoms with Gasteiger partial charge in [0.25, 0.3) is 5.69 Å². The highest BCUT2D eigenvalue weighted by Crippen LogP contribution is 2.30. The molecule has 9 heteroatoms. The second-order valence-electron chi connectivity index (χ2n) is 8.13. The van der Waals surface area contributed by atoms with E-state index in [1.807, 2.05) is 11.9 Å². The molecule has 0 spiro atoms. The Morgan fingerprint density at radius 2 is 1.76 bits per heavy atom. The van der Waals surface area contributed by atoms with Gasteiger partial charge < -0.3 is 4.90 Å². The Morgan fingerprint density at radius 3 is 2.34 bits per heavy atom. The maximum atomic E-state index is 13.0. The molecule has 3 rings (SSSR count). The molecule has 0 radical (unpaired) electrons. The lowest BCUT2D eigenvalue weighted by Crippen LogP contribution is -2.46. The zero-order valence-electron chi connectivity index (χ0n) is 17.0. The lowest BCUT2D eigenvalue weighted by atomic mass is 9.91. The number of carbonyl (C=O) groups is 1. The molecule has 0 unspecified atom stereocenters. The Bertz CT molecular complexity index is 872. The fourth-order valence-electron chi connectivity index (χ4n) is 4.40. The summed E-state index contributed by atoms with van der Waals surface area (Å²) in [5.74, 6) is -0.0555. The van der Waals surface area contributed by atoms with Gasteiger partial charge in [-0.25, -0.2) is 8.42 Å². The van der Waals surface area contributed by atoms with Crippen molar-refractivity contribution < 1.29 is 18.1 Å². The molecule has 0 N–H and O–H groups in total. The van der Waals surface area contributed by atoms with Crippen molar-refractivity contribution in [3.63, 3.8) is 0 Å². The molecule has 29 heavy (non-hydrogen) atoms. The number of sulfonamides is 1. The first-order valence-corrected chi connectivity index (χ1v) is 11.7. The molecular formula is C20H29N3O5S. The lowest BCUT2D eigenvalue weighted by molar-refractivity contribution is -0.385. The maximum absolute atomic E-state index is 13.0. The molecule has 1 aliphatic heterocycles. The number of rotatable bonds is 5. The molecule has 1 aliphatic carbocycles. The predicted molar refractivity (Wildman–Crippen MR) is 109 cm³/mol. The van der Waals surface area contributed by atoms with Crippen molar-refractivity contribution in [2.24, 2.45) is 5.92 Å². The highest BCUT2D eigenvalue weighted by molar-refractivity contribution is 7.89. The van der Waals surface area contributed by atoms with Gasteiger partial charge in [0.05, 0.1) is 9.82 Å². The Balaban J connectivity index is 1.67. The van der Waals surface area contributed by atoms with Gasteiger partial charge in [0.2, 0.25) is 15.9 Å². The standard InChI is InChI=1S/C20H29N3O5S/c1-15-8-9-18(23(25)26)14-19(15)29(27,28)22-12-10-16(11-13-22)20(24)21(2)17-6-4-3-5-7-17/h8-9,14,16-17H,3-7,10-13H2,1-2H3. The van der Waals surface area contributed by atoms with Gasteiger partial charge in [-0.1, -0.05) is 25.3 Å². The van der Waals surface area contributed by atoms with Gasteiger partial charge in [-0.2, -0.15) is 4.31 Å². The van der Waals surface area contributed by atoms with Crippen LogP contribution in [0.2, 0.25) is 0 Å². The van der Waals surface area contributed by atoms with E-state index >= 15 is 0 Å². The number of amides is 1. The summed E-state index contributed by atoms with van der Waals surface area (Å²) >= 11 is 0. The van der Waals surface area contributed by atoms with Crippen molar-refractivity contribution in [1.29, 1.82) is 0 Å². The van der Waals surface area contributed by atoms with Crippen LogP contribution in [-0.2, 0) is 14.8 Å². The van der Waals surface area contributed by atoms with E-state index in [4.69, 9.17) is 0 Å². The lowest BCUT2D eigenvalue weighted by Gasteiger charge is -2.36. The smallest absolute Gasteiger partial charge is 0.270 e. The second-order valence-corrected chi connectivity index (χ2v) is 10.0. The van der Waals surface area contributed by atoms with Crippen LogP contribution < -0.4 is 0 Å². The quantitative estimate of drug-likeness (QED) is 0.535. The van der Waals surface area contributed by atoms with Crippen LogP contribution in [0.25, 0.3) is 0 Å². The minimum atomic E-state index is -3.83. The maximum Gasteiger partial charge on any atom is 0.270 e. The van der Waals surface area contributed by atoms with Gasteiger partial charge in [-0.3, -0.25) is 14.9 Å². The molecule has 0 atom stereocenters. The number of aryl methyl sites for hydroxylation is 1. The number of non-ortho nitro benzene ring substituents is 1. The Morgan fingerprint density at radius 1 is 1.14 bits per heavy atom. The molecule has 1 heterocycles. The van der Waals surface area contributed by atoms with Gasteiger partial charge in [0, 0.05) is 44.2 Å². The van der Waals surface area contributed by atoms with E-state index in [1.165, 1.54) is 22.9 Å². The van der Waals surface area contributed by atoms with Crippen LogP contribution in [-0.4, -0.2) is 54.6 Å². The molecule has 0 bridgehead atoms. The summed E-state index contributed by atoms with van der Waals surface area (Å²) in [5.41, 5.74) is 0.235. The van der Waals surface area contributed by atoms with Crippen LogP contribution in [0.3, 0.4) is 0 Å². The predicted octanol–water partition coefficient (Wildman–Crippen LogP) is 3.10. The number of hydrogen-bond acceptors (Lipinski definition) is 5. The summed E-state index contributed by atoms with van der Waals surface area (Å²) in [7, 11) is -1.97. The monoisotopic (exact) mass is 423 g/mol. The average Bonchev–Trinajstić information content (AvgIpc) is 2.73. The normalized spacial score (nSPS) is 19.8. The molecular weight excluding hydrogens is 394 g/mol. The Kier molecular flexibility index (Phi) is 6.58. The number of carbonyl (C=O) groups excluding carboxylic acids is 1. The van der Waals surface area contributed by atoms with E-state index in [9.17, 15) is 23.3 Å². The highest BCUT2D eigenvalue weighted by atomic mass is 32.2. The van der Waals surface area contributed by atoms with Crippen molar-refractivity contribution in [3.05, 3.63) is 33.9 Å². The molecule has 1 aromatic carbocycles. The topological polar surface area (TPSA) is 101 Å². The van der Waals surface area contributed by atoms with Gasteiger partial charge in [-0.05, 0) is 38.2 Å². The van der Waals surface area contributed by atoms with E-state index < -0.39 is 14.9 Å². The number of nitrogens with zero attached hydrogens (tertiary/aromatic N) is 3.